The summed E-state index contributed by atoms with van der Waals surface area (Å²) in [5.74, 6) is -0.215. The number of carbonyl (C=O) groups is 2. The molecule has 0 unspecified atom stereocenters. The molecular formula is C23H25N7O2. The van der Waals surface area contributed by atoms with Gasteiger partial charge < -0.3 is 16.0 Å². The number of hydrogen-bond acceptors (Lipinski definition) is 6. The molecule has 3 heterocycles. The number of amides is 2. The Labute approximate surface area is 185 Å². The number of anilines is 1. The van der Waals surface area contributed by atoms with Gasteiger partial charge in [0.15, 0.2) is 0 Å². The Hall–Kier alpha value is -3.93. The van der Waals surface area contributed by atoms with Gasteiger partial charge in [0.2, 0.25) is 5.91 Å². The van der Waals surface area contributed by atoms with Crippen molar-refractivity contribution in [1.82, 2.24) is 25.2 Å². The van der Waals surface area contributed by atoms with Crippen LogP contribution in [-0.4, -0.2) is 45.5 Å². The van der Waals surface area contributed by atoms with E-state index in [9.17, 15) is 9.59 Å². The van der Waals surface area contributed by atoms with Crippen LogP contribution >= 0.6 is 0 Å². The van der Waals surface area contributed by atoms with Gasteiger partial charge in [-0.2, -0.15) is 10.4 Å². The van der Waals surface area contributed by atoms with Crippen molar-refractivity contribution < 1.29 is 9.59 Å². The van der Waals surface area contributed by atoms with Crippen molar-refractivity contribution in [3.05, 3.63) is 47.8 Å². The Balaban J connectivity index is 1.62. The molecule has 164 valence electrons. The molecule has 0 radical (unpaired) electrons. The summed E-state index contributed by atoms with van der Waals surface area (Å²) >= 11 is 0. The second-order valence-electron chi connectivity index (χ2n) is 8.00. The molecule has 1 aliphatic rings. The van der Waals surface area contributed by atoms with E-state index < -0.39 is 0 Å². The van der Waals surface area contributed by atoms with Crippen molar-refractivity contribution in [2.45, 2.75) is 44.7 Å². The van der Waals surface area contributed by atoms with Crippen LogP contribution in [0.25, 0.3) is 16.9 Å². The fraction of sp³-hybridized carbons (Fsp3) is 0.348. The predicted octanol–water partition coefficient (Wildman–Crippen LogP) is 2.49. The Morgan fingerprint density at radius 3 is 2.56 bits per heavy atom. The Morgan fingerprint density at radius 1 is 1.12 bits per heavy atom. The molecule has 4 rings (SSSR count). The zero-order valence-electron chi connectivity index (χ0n) is 18.1. The SMILES string of the molecule is CNC(=O)c1cnc(-c2ccc3cc(C#N)cnn23)cc1NC1CCC(NC(C)=O)CC1. The van der Waals surface area contributed by atoms with Crippen LogP contribution in [0.1, 0.15) is 48.5 Å². The molecular weight excluding hydrogens is 406 g/mol. The van der Waals surface area contributed by atoms with Gasteiger partial charge in [-0.3, -0.25) is 14.6 Å². The smallest absolute Gasteiger partial charge is 0.254 e. The average molecular weight is 432 g/mol. The van der Waals surface area contributed by atoms with Gasteiger partial charge in [0.1, 0.15) is 6.07 Å². The molecule has 3 aromatic heterocycles. The van der Waals surface area contributed by atoms with Gasteiger partial charge in [0, 0.05) is 32.3 Å². The molecule has 0 bridgehead atoms. The van der Waals surface area contributed by atoms with Crippen LogP contribution in [-0.2, 0) is 4.79 Å². The zero-order chi connectivity index (χ0) is 22.7. The molecule has 0 spiro atoms. The maximum absolute atomic E-state index is 12.4. The highest BCUT2D eigenvalue weighted by atomic mass is 16.2. The lowest BCUT2D eigenvalue weighted by molar-refractivity contribution is -0.119. The largest absolute Gasteiger partial charge is 0.382 e. The van der Waals surface area contributed by atoms with Crippen molar-refractivity contribution in [2.24, 2.45) is 0 Å². The van der Waals surface area contributed by atoms with Gasteiger partial charge in [-0.25, -0.2) is 4.52 Å². The monoisotopic (exact) mass is 431 g/mol. The minimum Gasteiger partial charge on any atom is -0.382 e. The normalized spacial score (nSPS) is 18.0. The van der Waals surface area contributed by atoms with Crippen LogP contribution < -0.4 is 16.0 Å². The lowest BCUT2D eigenvalue weighted by Crippen LogP contribution is -2.39. The highest BCUT2D eigenvalue weighted by Crippen LogP contribution is 2.28. The van der Waals surface area contributed by atoms with Gasteiger partial charge >= 0.3 is 0 Å². The Bertz CT molecular complexity index is 1200. The third-order valence-corrected chi connectivity index (χ3v) is 5.76. The topological polar surface area (TPSA) is 124 Å². The summed E-state index contributed by atoms with van der Waals surface area (Å²) in [5.41, 5.74) is 3.90. The maximum atomic E-state index is 12.4. The van der Waals surface area contributed by atoms with E-state index in [4.69, 9.17) is 5.26 Å². The van der Waals surface area contributed by atoms with Crippen molar-refractivity contribution in [3.63, 3.8) is 0 Å². The first-order chi connectivity index (χ1) is 15.5. The van der Waals surface area contributed by atoms with Crippen LogP contribution in [0.15, 0.2) is 36.7 Å². The molecule has 1 saturated carbocycles. The van der Waals surface area contributed by atoms with E-state index in [1.807, 2.05) is 18.2 Å². The number of fused-ring (bicyclic) bond motifs is 1. The summed E-state index contributed by atoms with van der Waals surface area (Å²) in [5, 5.41) is 22.6. The molecule has 0 aromatic carbocycles. The molecule has 1 aliphatic carbocycles. The number of nitrogens with one attached hydrogen (secondary N) is 3. The third kappa shape index (κ3) is 4.39. The van der Waals surface area contributed by atoms with Crippen LogP contribution in [0.5, 0.6) is 0 Å². The number of carbonyl (C=O) groups excluding carboxylic acids is 2. The average Bonchev–Trinajstić information content (AvgIpc) is 3.22. The molecule has 0 aliphatic heterocycles. The highest BCUT2D eigenvalue weighted by Gasteiger charge is 2.23. The van der Waals surface area contributed by atoms with E-state index in [2.05, 4.69) is 32.1 Å². The summed E-state index contributed by atoms with van der Waals surface area (Å²) in [4.78, 5) is 28.3. The van der Waals surface area contributed by atoms with Gasteiger partial charge in [-0.05, 0) is 49.9 Å². The van der Waals surface area contributed by atoms with E-state index in [0.29, 0.717) is 22.5 Å². The van der Waals surface area contributed by atoms with Crippen molar-refractivity contribution in [2.75, 3.05) is 12.4 Å². The van der Waals surface area contributed by atoms with Gasteiger partial charge in [0.05, 0.1) is 39.9 Å². The number of hydrogen-bond donors (Lipinski definition) is 3. The van der Waals surface area contributed by atoms with E-state index >= 15 is 0 Å². The van der Waals surface area contributed by atoms with Crippen molar-refractivity contribution in [3.8, 4) is 17.5 Å². The van der Waals surface area contributed by atoms with Gasteiger partial charge in [-0.1, -0.05) is 0 Å². The van der Waals surface area contributed by atoms with E-state index in [1.54, 1.807) is 30.8 Å². The van der Waals surface area contributed by atoms with Crippen LogP contribution in [0, 0.1) is 11.3 Å². The highest BCUT2D eigenvalue weighted by molar-refractivity contribution is 5.99. The number of nitrogens with zero attached hydrogens (tertiary/aromatic N) is 4. The summed E-state index contributed by atoms with van der Waals surface area (Å²) in [7, 11) is 1.59. The molecule has 3 N–H and O–H groups in total. The molecule has 3 aromatic rings. The standard InChI is InChI=1S/C23H25N7O2/c1-14(31)28-16-3-5-17(6-4-16)29-20-10-21(26-13-19(20)23(32)25-2)22-8-7-18-9-15(11-24)12-27-30(18)22/h7-10,12-13,16-17H,3-6H2,1-2H3,(H,25,32)(H,26,29)(H,28,31). The summed E-state index contributed by atoms with van der Waals surface area (Å²) in [6.45, 7) is 1.54. The van der Waals surface area contributed by atoms with Crippen molar-refractivity contribution >= 4 is 23.0 Å². The lowest BCUT2D eigenvalue weighted by Gasteiger charge is -2.30. The molecule has 1 fully saturated rings. The molecule has 2 amide bonds. The number of nitriles is 1. The molecule has 0 saturated heterocycles. The van der Waals surface area contributed by atoms with E-state index in [0.717, 1.165) is 36.9 Å². The quantitative estimate of drug-likeness (QED) is 0.570. The second-order valence-corrected chi connectivity index (χ2v) is 8.00. The maximum Gasteiger partial charge on any atom is 0.254 e. The van der Waals surface area contributed by atoms with Crippen LogP contribution in [0.3, 0.4) is 0 Å². The van der Waals surface area contributed by atoms with Crippen LogP contribution in [0.4, 0.5) is 5.69 Å². The molecule has 32 heavy (non-hydrogen) atoms. The first kappa shape index (κ1) is 21.3. The number of rotatable bonds is 5. The Kier molecular flexibility index (Phi) is 6.03. The van der Waals surface area contributed by atoms with E-state index in [-0.39, 0.29) is 23.9 Å². The zero-order valence-corrected chi connectivity index (χ0v) is 18.1. The number of aromatic nitrogens is 3. The Morgan fingerprint density at radius 2 is 1.88 bits per heavy atom. The first-order valence-electron chi connectivity index (χ1n) is 10.6. The van der Waals surface area contributed by atoms with Crippen LogP contribution in [0.2, 0.25) is 0 Å². The summed E-state index contributed by atoms with van der Waals surface area (Å²) < 4.78 is 1.73. The fourth-order valence-corrected chi connectivity index (χ4v) is 4.17. The van der Waals surface area contributed by atoms with Gasteiger partial charge in [-0.15, -0.1) is 0 Å². The number of pyridine rings is 1. The van der Waals surface area contributed by atoms with E-state index in [1.165, 1.54) is 6.20 Å². The lowest BCUT2D eigenvalue weighted by atomic mass is 9.90. The molecule has 9 heteroatoms. The summed E-state index contributed by atoms with van der Waals surface area (Å²) in [6, 6.07) is 9.90. The molecule has 9 nitrogen and oxygen atoms in total. The second kappa shape index (κ2) is 9.06. The first-order valence-corrected chi connectivity index (χ1v) is 10.6. The predicted molar refractivity (Wildman–Crippen MR) is 120 cm³/mol. The minimum absolute atomic E-state index is 0.00277. The van der Waals surface area contributed by atoms with Crippen molar-refractivity contribution in [1.29, 1.82) is 5.26 Å². The minimum atomic E-state index is -0.213. The third-order valence-electron chi connectivity index (χ3n) is 5.76. The van der Waals surface area contributed by atoms with Gasteiger partial charge in [0.25, 0.3) is 5.91 Å². The fourth-order valence-electron chi connectivity index (χ4n) is 4.17. The summed E-state index contributed by atoms with van der Waals surface area (Å²) in [6.07, 6.45) is 6.65. The molecule has 0 atom stereocenters.